The summed E-state index contributed by atoms with van der Waals surface area (Å²) in [5.41, 5.74) is 3.17. The van der Waals surface area contributed by atoms with Crippen molar-refractivity contribution in [1.82, 2.24) is 0 Å². The summed E-state index contributed by atoms with van der Waals surface area (Å²) in [7, 11) is 0. The standard InChI is InChI=1S/C14H11ClN2/c15-11-5-3-6-12(8-11)17-9-10-4-1-2-7-13(10)14(17)16/h1-8,16H,9H2. The zero-order valence-electron chi connectivity index (χ0n) is 9.15. The molecule has 0 saturated heterocycles. The van der Waals surface area contributed by atoms with Crippen LogP contribution in [0.5, 0.6) is 0 Å². The Morgan fingerprint density at radius 1 is 1.06 bits per heavy atom. The van der Waals surface area contributed by atoms with Crippen molar-refractivity contribution in [3.05, 3.63) is 64.7 Å². The number of anilines is 1. The molecule has 84 valence electrons. The van der Waals surface area contributed by atoms with Crippen LogP contribution >= 0.6 is 11.6 Å². The minimum Gasteiger partial charge on any atom is -0.322 e. The van der Waals surface area contributed by atoms with E-state index in [1.807, 2.05) is 47.4 Å². The Hall–Kier alpha value is -1.80. The van der Waals surface area contributed by atoms with Crippen LogP contribution in [0.2, 0.25) is 5.02 Å². The molecule has 0 aromatic heterocycles. The zero-order chi connectivity index (χ0) is 11.8. The molecule has 2 nitrogen and oxygen atoms in total. The first-order valence-electron chi connectivity index (χ1n) is 5.45. The minimum atomic E-state index is 0.544. The molecule has 0 saturated carbocycles. The maximum absolute atomic E-state index is 8.18. The molecular formula is C14H11ClN2. The van der Waals surface area contributed by atoms with Crippen LogP contribution in [0, 0.1) is 5.41 Å². The maximum Gasteiger partial charge on any atom is 0.133 e. The molecule has 0 radical (unpaired) electrons. The van der Waals surface area contributed by atoms with E-state index in [9.17, 15) is 0 Å². The second kappa shape index (κ2) is 3.90. The van der Waals surface area contributed by atoms with Crippen molar-refractivity contribution in [1.29, 1.82) is 5.41 Å². The Morgan fingerprint density at radius 2 is 1.88 bits per heavy atom. The van der Waals surface area contributed by atoms with E-state index in [0.717, 1.165) is 17.8 Å². The van der Waals surface area contributed by atoms with Gasteiger partial charge in [0.2, 0.25) is 0 Å². The van der Waals surface area contributed by atoms with Gasteiger partial charge in [0, 0.05) is 16.3 Å². The summed E-state index contributed by atoms with van der Waals surface area (Å²) in [6, 6.07) is 15.7. The van der Waals surface area contributed by atoms with Crippen molar-refractivity contribution in [3.8, 4) is 0 Å². The largest absolute Gasteiger partial charge is 0.322 e. The van der Waals surface area contributed by atoms with E-state index in [1.54, 1.807) is 0 Å². The molecular weight excluding hydrogens is 232 g/mol. The highest BCUT2D eigenvalue weighted by molar-refractivity contribution is 6.31. The monoisotopic (exact) mass is 242 g/mol. The van der Waals surface area contributed by atoms with Gasteiger partial charge in [-0.2, -0.15) is 0 Å². The van der Waals surface area contributed by atoms with Gasteiger partial charge in [-0.3, -0.25) is 5.41 Å². The summed E-state index contributed by atoms with van der Waals surface area (Å²) in [4.78, 5) is 1.97. The van der Waals surface area contributed by atoms with E-state index in [0.29, 0.717) is 10.9 Å². The molecule has 17 heavy (non-hydrogen) atoms. The number of amidine groups is 1. The molecule has 0 atom stereocenters. The molecule has 0 bridgehead atoms. The van der Waals surface area contributed by atoms with Gasteiger partial charge in [-0.15, -0.1) is 0 Å². The van der Waals surface area contributed by atoms with E-state index in [1.165, 1.54) is 5.56 Å². The number of rotatable bonds is 1. The fourth-order valence-electron chi connectivity index (χ4n) is 2.15. The van der Waals surface area contributed by atoms with Crippen molar-refractivity contribution >= 4 is 23.1 Å². The van der Waals surface area contributed by atoms with E-state index < -0.39 is 0 Å². The lowest BCUT2D eigenvalue weighted by molar-refractivity contribution is 1.05. The third-order valence-electron chi connectivity index (χ3n) is 2.99. The molecule has 2 aromatic carbocycles. The zero-order valence-corrected chi connectivity index (χ0v) is 9.91. The number of nitrogens with one attached hydrogen (secondary N) is 1. The summed E-state index contributed by atoms with van der Waals surface area (Å²) < 4.78 is 0. The third kappa shape index (κ3) is 1.71. The Balaban J connectivity index is 2.02. The molecule has 0 unspecified atom stereocenters. The van der Waals surface area contributed by atoms with Gasteiger partial charge >= 0.3 is 0 Å². The van der Waals surface area contributed by atoms with Crippen LogP contribution in [-0.4, -0.2) is 5.84 Å². The molecule has 2 aromatic rings. The summed E-state index contributed by atoms with van der Waals surface area (Å²) in [5, 5.41) is 8.88. The van der Waals surface area contributed by atoms with Crippen LogP contribution in [0.15, 0.2) is 48.5 Å². The lowest BCUT2D eigenvalue weighted by Gasteiger charge is -2.18. The molecule has 3 rings (SSSR count). The Morgan fingerprint density at radius 3 is 2.65 bits per heavy atom. The van der Waals surface area contributed by atoms with Crippen molar-refractivity contribution in [2.45, 2.75) is 6.54 Å². The van der Waals surface area contributed by atoms with Gasteiger partial charge in [0.05, 0.1) is 6.54 Å². The first kappa shape index (κ1) is 10.4. The first-order valence-corrected chi connectivity index (χ1v) is 5.83. The van der Waals surface area contributed by atoms with Crippen LogP contribution in [0.3, 0.4) is 0 Å². The van der Waals surface area contributed by atoms with Gasteiger partial charge in [-0.05, 0) is 23.8 Å². The Labute approximate surface area is 105 Å². The fourth-order valence-corrected chi connectivity index (χ4v) is 2.33. The molecule has 0 aliphatic carbocycles. The van der Waals surface area contributed by atoms with E-state index in [-0.39, 0.29) is 0 Å². The quantitative estimate of drug-likeness (QED) is 0.811. The second-order valence-corrected chi connectivity index (χ2v) is 4.51. The molecule has 0 fully saturated rings. The van der Waals surface area contributed by atoms with Crippen LogP contribution < -0.4 is 4.90 Å². The highest BCUT2D eigenvalue weighted by Gasteiger charge is 2.24. The van der Waals surface area contributed by atoms with Crippen LogP contribution in [0.25, 0.3) is 0 Å². The van der Waals surface area contributed by atoms with Gasteiger partial charge in [-0.25, -0.2) is 0 Å². The first-order chi connectivity index (χ1) is 8.25. The van der Waals surface area contributed by atoms with E-state index >= 15 is 0 Å². The number of fused-ring (bicyclic) bond motifs is 1. The van der Waals surface area contributed by atoms with Gasteiger partial charge < -0.3 is 4.90 Å². The average Bonchev–Trinajstić information content (AvgIpc) is 2.68. The van der Waals surface area contributed by atoms with E-state index in [4.69, 9.17) is 17.0 Å². The smallest absolute Gasteiger partial charge is 0.133 e. The highest BCUT2D eigenvalue weighted by Crippen LogP contribution is 2.29. The number of halogens is 1. The molecule has 0 amide bonds. The Bertz CT molecular complexity index is 592. The van der Waals surface area contributed by atoms with Crippen LogP contribution in [-0.2, 0) is 6.54 Å². The summed E-state index contributed by atoms with van der Waals surface area (Å²) in [5.74, 6) is 0.544. The number of hydrogen-bond acceptors (Lipinski definition) is 1. The van der Waals surface area contributed by atoms with Crippen LogP contribution in [0.4, 0.5) is 5.69 Å². The van der Waals surface area contributed by atoms with E-state index in [2.05, 4.69) is 6.07 Å². The fraction of sp³-hybridized carbons (Fsp3) is 0.0714. The minimum absolute atomic E-state index is 0.544. The van der Waals surface area contributed by atoms with Crippen molar-refractivity contribution in [3.63, 3.8) is 0 Å². The van der Waals surface area contributed by atoms with Gasteiger partial charge in [-0.1, -0.05) is 41.9 Å². The van der Waals surface area contributed by atoms with Crippen molar-refractivity contribution in [2.24, 2.45) is 0 Å². The molecule has 1 heterocycles. The molecule has 3 heteroatoms. The second-order valence-electron chi connectivity index (χ2n) is 4.07. The summed E-state index contributed by atoms with van der Waals surface area (Å²) in [6.07, 6.45) is 0. The van der Waals surface area contributed by atoms with Crippen molar-refractivity contribution in [2.75, 3.05) is 4.90 Å². The average molecular weight is 243 g/mol. The topological polar surface area (TPSA) is 27.1 Å². The molecule has 1 N–H and O–H groups in total. The molecule has 1 aliphatic rings. The Kier molecular flexibility index (Phi) is 2.37. The van der Waals surface area contributed by atoms with Gasteiger partial charge in [0.15, 0.2) is 0 Å². The number of nitrogens with zero attached hydrogens (tertiary/aromatic N) is 1. The van der Waals surface area contributed by atoms with Crippen LogP contribution in [0.1, 0.15) is 11.1 Å². The van der Waals surface area contributed by atoms with Gasteiger partial charge in [0.1, 0.15) is 5.84 Å². The number of benzene rings is 2. The van der Waals surface area contributed by atoms with Crippen molar-refractivity contribution < 1.29 is 0 Å². The predicted molar refractivity (Wildman–Crippen MR) is 70.9 cm³/mol. The number of hydrogen-bond donors (Lipinski definition) is 1. The van der Waals surface area contributed by atoms with Gasteiger partial charge in [0.25, 0.3) is 0 Å². The summed E-state index contributed by atoms with van der Waals surface area (Å²) >= 11 is 5.99. The molecule has 1 aliphatic heterocycles. The normalized spacial score (nSPS) is 13.9. The maximum atomic E-state index is 8.18. The predicted octanol–water partition coefficient (Wildman–Crippen LogP) is 3.69. The molecule has 0 spiro atoms. The lowest BCUT2D eigenvalue weighted by atomic mass is 10.1. The third-order valence-corrected chi connectivity index (χ3v) is 3.23. The lowest BCUT2D eigenvalue weighted by Crippen LogP contribution is -2.22. The SMILES string of the molecule is N=C1c2ccccc2CN1c1cccc(Cl)c1. The summed E-state index contributed by atoms with van der Waals surface area (Å²) in [6.45, 7) is 0.745. The highest BCUT2D eigenvalue weighted by atomic mass is 35.5.